The predicted octanol–water partition coefficient (Wildman–Crippen LogP) is 2.50. The zero-order valence-corrected chi connectivity index (χ0v) is 12.9. The number of carbonyl (C=O) groups excluding carboxylic acids is 2. The molecule has 0 atom stereocenters. The third-order valence-corrected chi connectivity index (χ3v) is 3.01. The Labute approximate surface area is 134 Å². The highest BCUT2D eigenvalue weighted by molar-refractivity contribution is 5.95. The van der Waals surface area contributed by atoms with Crippen molar-refractivity contribution >= 4 is 17.6 Å². The maximum atomic E-state index is 11.8. The van der Waals surface area contributed by atoms with E-state index in [0.717, 1.165) is 0 Å². The average Bonchev–Trinajstić information content (AvgIpc) is 2.60. The number of anilines is 1. The molecule has 0 fully saturated rings. The van der Waals surface area contributed by atoms with Gasteiger partial charge in [0, 0.05) is 11.8 Å². The highest BCUT2D eigenvalue weighted by Crippen LogP contribution is 2.29. The van der Waals surface area contributed by atoms with Gasteiger partial charge in [0.2, 0.25) is 0 Å². The van der Waals surface area contributed by atoms with E-state index >= 15 is 0 Å². The molecule has 6 nitrogen and oxygen atoms in total. The van der Waals surface area contributed by atoms with Gasteiger partial charge in [-0.15, -0.1) is 0 Å². The number of amides is 1. The Morgan fingerprint density at radius 3 is 2.30 bits per heavy atom. The number of carbonyl (C=O) groups is 2. The third-order valence-electron chi connectivity index (χ3n) is 3.01. The maximum absolute atomic E-state index is 11.8. The lowest BCUT2D eigenvalue weighted by Gasteiger charge is -2.10. The van der Waals surface area contributed by atoms with Crippen LogP contribution in [-0.2, 0) is 9.53 Å². The van der Waals surface area contributed by atoms with E-state index in [1.54, 1.807) is 48.5 Å². The number of rotatable bonds is 6. The van der Waals surface area contributed by atoms with Crippen LogP contribution in [0.2, 0.25) is 0 Å². The second kappa shape index (κ2) is 7.84. The van der Waals surface area contributed by atoms with E-state index in [1.807, 2.05) is 0 Å². The lowest BCUT2D eigenvalue weighted by atomic mass is 10.2. The van der Waals surface area contributed by atoms with Gasteiger partial charge in [-0.3, -0.25) is 4.79 Å². The van der Waals surface area contributed by atoms with Crippen LogP contribution < -0.4 is 14.8 Å². The molecule has 0 bridgehead atoms. The lowest BCUT2D eigenvalue weighted by molar-refractivity contribution is -0.119. The summed E-state index contributed by atoms with van der Waals surface area (Å²) >= 11 is 0. The Bertz CT molecular complexity index is 685. The molecular formula is C17H17NO5. The second-order valence-electron chi connectivity index (χ2n) is 4.56. The minimum Gasteiger partial charge on any atom is -0.493 e. The van der Waals surface area contributed by atoms with E-state index in [4.69, 9.17) is 14.2 Å². The molecule has 1 N–H and O–H groups in total. The predicted molar refractivity (Wildman–Crippen MR) is 84.9 cm³/mol. The molecular weight excluding hydrogens is 298 g/mol. The second-order valence-corrected chi connectivity index (χ2v) is 4.56. The Kier molecular flexibility index (Phi) is 5.57. The van der Waals surface area contributed by atoms with Gasteiger partial charge in [-0.25, -0.2) is 4.79 Å². The SMILES string of the molecule is COc1ccc(NC(=O)COC(=O)c2ccccc2)cc1OC. The number of hydrogen-bond donors (Lipinski definition) is 1. The number of benzene rings is 2. The number of methoxy groups -OCH3 is 2. The van der Waals surface area contributed by atoms with Crippen LogP contribution in [0.15, 0.2) is 48.5 Å². The molecule has 1 amide bonds. The van der Waals surface area contributed by atoms with E-state index in [9.17, 15) is 9.59 Å². The van der Waals surface area contributed by atoms with Gasteiger partial charge in [0.25, 0.3) is 5.91 Å². The van der Waals surface area contributed by atoms with Crippen molar-refractivity contribution in [2.45, 2.75) is 0 Å². The molecule has 6 heteroatoms. The molecule has 0 aliphatic heterocycles. The fraction of sp³-hybridized carbons (Fsp3) is 0.176. The number of hydrogen-bond acceptors (Lipinski definition) is 5. The molecule has 0 unspecified atom stereocenters. The van der Waals surface area contributed by atoms with E-state index in [1.165, 1.54) is 14.2 Å². The minimum atomic E-state index is -0.548. The summed E-state index contributed by atoms with van der Waals surface area (Å²) in [5.74, 6) is 0.0575. The summed E-state index contributed by atoms with van der Waals surface area (Å²) in [7, 11) is 3.03. The van der Waals surface area contributed by atoms with Crippen molar-refractivity contribution in [1.29, 1.82) is 0 Å². The molecule has 2 aromatic carbocycles. The van der Waals surface area contributed by atoms with Gasteiger partial charge in [-0.2, -0.15) is 0 Å². The zero-order valence-electron chi connectivity index (χ0n) is 12.9. The number of ether oxygens (including phenoxy) is 3. The van der Waals surface area contributed by atoms with Crippen LogP contribution in [0.5, 0.6) is 11.5 Å². The van der Waals surface area contributed by atoms with Gasteiger partial charge in [0.15, 0.2) is 18.1 Å². The average molecular weight is 315 g/mol. The first-order valence-electron chi connectivity index (χ1n) is 6.88. The largest absolute Gasteiger partial charge is 0.493 e. The smallest absolute Gasteiger partial charge is 0.338 e. The normalized spacial score (nSPS) is 9.83. The topological polar surface area (TPSA) is 73.9 Å². The minimum absolute atomic E-state index is 0.373. The van der Waals surface area contributed by atoms with Gasteiger partial charge < -0.3 is 19.5 Å². The van der Waals surface area contributed by atoms with Crippen molar-refractivity contribution in [1.82, 2.24) is 0 Å². The molecule has 0 radical (unpaired) electrons. The first-order valence-corrected chi connectivity index (χ1v) is 6.88. The summed E-state index contributed by atoms with van der Waals surface area (Å²) in [6.07, 6.45) is 0. The van der Waals surface area contributed by atoms with Crippen LogP contribution in [0.25, 0.3) is 0 Å². The van der Waals surface area contributed by atoms with E-state index in [-0.39, 0.29) is 6.61 Å². The van der Waals surface area contributed by atoms with E-state index < -0.39 is 11.9 Å². The first-order chi connectivity index (χ1) is 11.1. The maximum Gasteiger partial charge on any atom is 0.338 e. The Morgan fingerprint density at radius 1 is 0.957 bits per heavy atom. The van der Waals surface area contributed by atoms with Gasteiger partial charge in [-0.1, -0.05) is 18.2 Å². The van der Waals surface area contributed by atoms with Crippen molar-refractivity contribution in [3.63, 3.8) is 0 Å². The van der Waals surface area contributed by atoms with Gasteiger partial charge in [0.1, 0.15) is 0 Å². The van der Waals surface area contributed by atoms with Crippen molar-refractivity contribution in [2.24, 2.45) is 0 Å². The van der Waals surface area contributed by atoms with Crippen molar-refractivity contribution < 1.29 is 23.8 Å². The van der Waals surface area contributed by atoms with Crippen molar-refractivity contribution in [3.8, 4) is 11.5 Å². The van der Waals surface area contributed by atoms with Gasteiger partial charge >= 0.3 is 5.97 Å². The first kappa shape index (κ1) is 16.4. The highest BCUT2D eigenvalue weighted by Gasteiger charge is 2.11. The molecule has 0 heterocycles. The number of esters is 1. The molecule has 0 saturated carbocycles. The summed E-state index contributed by atoms with van der Waals surface area (Å²) < 4.78 is 15.2. The molecule has 0 spiro atoms. The molecule has 0 aliphatic carbocycles. The van der Waals surface area contributed by atoms with Crippen LogP contribution in [0.4, 0.5) is 5.69 Å². The molecule has 0 saturated heterocycles. The quantitative estimate of drug-likeness (QED) is 0.829. The molecule has 120 valence electrons. The molecule has 23 heavy (non-hydrogen) atoms. The van der Waals surface area contributed by atoms with Crippen LogP contribution >= 0.6 is 0 Å². The Hall–Kier alpha value is -3.02. The van der Waals surface area contributed by atoms with Crippen molar-refractivity contribution in [2.75, 3.05) is 26.1 Å². The van der Waals surface area contributed by atoms with Crippen LogP contribution in [0.3, 0.4) is 0 Å². The molecule has 2 rings (SSSR count). The van der Waals surface area contributed by atoms with Crippen LogP contribution in [0, 0.1) is 0 Å². The van der Waals surface area contributed by atoms with Crippen molar-refractivity contribution in [3.05, 3.63) is 54.1 Å². The van der Waals surface area contributed by atoms with Crippen LogP contribution in [0.1, 0.15) is 10.4 Å². The summed E-state index contributed by atoms with van der Waals surface area (Å²) in [5.41, 5.74) is 0.912. The summed E-state index contributed by atoms with van der Waals surface area (Å²) in [4.78, 5) is 23.6. The summed E-state index contributed by atoms with van der Waals surface area (Å²) in [6.45, 7) is -0.373. The zero-order chi connectivity index (χ0) is 16.7. The van der Waals surface area contributed by atoms with Gasteiger partial charge in [-0.05, 0) is 24.3 Å². The lowest BCUT2D eigenvalue weighted by Crippen LogP contribution is -2.20. The Morgan fingerprint density at radius 2 is 1.65 bits per heavy atom. The van der Waals surface area contributed by atoms with E-state index in [0.29, 0.717) is 22.7 Å². The third kappa shape index (κ3) is 4.47. The van der Waals surface area contributed by atoms with Crippen LogP contribution in [-0.4, -0.2) is 32.7 Å². The highest BCUT2D eigenvalue weighted by atomic mass is 16.5. The monoisotopic (exact) mass is 315 g/mol. The number of nitrogens with one attached hydrogen (secondary N) is 1. The molecule has 2 aromatic rings. The standard InChI is InChI=1S/C17H17NO5/c1-21-14-9-8-13(10-15(14)22-2)18-16(19)11-23-17(20)12-6-4-3-5-7-12/h3-10H,11H2,1-2H3,(H,18,19). The molecule has 0 aromatic heterocycles. The Balaban J connectivity index is 1.91. The fourth-order valence-electron chi connectivity index (χ4n) is 1.90. The molecule has 0 aliphatic rings. The van der Waals surface area contributed by atoms with Gasteiger partial charge in [0.05, 0.1) is 19.8 Å². The fourth-order valence-corrected chi connectivity index (χ4v) is 1.90. The van der Waals surface area contributed by atoms with E-state index in [2.05, 4.69) is 5.32 Å². The summed E-state index contributed by atoms with van der Waals surface area (Å²) in [6, 6.07) is 13.4. The summed E-state index contributed by atoms with van der Waals surface area (Å²) in [5, 5.41) is 2.62.